The van der Waals surface area contributed by atoms with Crippen molar-refractivity contribution in [3.05, 3.63) is 58.3 Å². The molecule has 0 radical (unpaired) electrons. The first-order chi connectivity index (χ1) is 13.4. The zero-order valence-electron chi connectivity index (χ0n) is 15.6. The van der Waals surface area contributed by atoms with Crippen LogP contribution in [0.4, 0.5) is 0 Å². The molecule has 1 saturated heterocycles. The van der Waals surface area contributed by atoms with Gasteiger partial charge in [0.15, 0.2) is 0 Å². The molecule has 1 aliphatic rings. The molecule has 7 nitrogen and oxygen atoms in total. The number of amides is 2. The standard InChI is InChI=1S/C19H23N3O4S2/c1-15(20-18(23)17-8-5-13-27-17)19(24)21-9-11-22(12-10-21)28(25,26)14-16-6-3-2-4-7-16/h2-8,13,15H,9-12,14H2,1H3,(H,20,23)/t15-/m0/s1. The normalized spacial score (nSPS) is 16.5. The van der Waals surface area contributed by atoms with E-state index in [4.69, 9.17) is 0 Å². The Morgan fingerprint density at radius 3 is 2.36 bits per heavy atom. The van der Waals surface area contributed by atoms with Gasteiger partial charge >= 0.3 is 0 Å². The third-order valence-electron chi connectivity index (χ3n) is 4.60. The van der Waals surface area contributed by atoms with E-state index in [9.17, 15) is 18.0 Å². The van der Waals surface area contributed by atoms with Crippen LogP contribution in [-0.2, 0) is 20.6 Å². The summed E-state index contributed by atoms with van der Waals surface area (Å²) in [6, 6.07) is 11.9. The van der Waals surface area contributed by atoms with Crippen LogP contribution in [-0.4, -0.2) is 61.7 Å². The molecule has 2 amide bonds. The average molecular weight is 422 g/mol. The van der Waals surface area contributed by atoms with Gasteiger partial charge < -0.3 is 10.2 Å². The van der Waals surface area contributed by atoms with Crippen molar-refractivity contribution in [3.63, 3.8) is 0 Å². The predicted molar refractivity (Wildman–Crippen MR) is 108 cm³/mol. The summed E-state index contributed by atoms with van der Waals surface area (Å²) in [7, 11) is -3.43. The number of hydrogen-bond acceptors (Lipinski definition) is 5. The first-order valence-electron chi connectivity index (χ1n) is 9.02. The van der Waals surface area contributed by atoms with Gasteiger partial charge in [0.1, 0.15) is 6.04 Å². The second-order valence-electron chi connectivity index (χ2n) is 6.64. The Balaban J connectivity index is 1.52. The van der Waals surface area contributed by atoms with Crippen LogP contribution < -0.4 is 5.32 Å². The summed E-state index contributed by atoms with van der Waals surface area (Å²) in [5.41, 5.74) is 0.742. The van der Waals surface area contributed by atoms with E-state index in [1.54, 1.807) is 41.5 Å². The number of benzene rings is 1. The molecular weight excluding hydrogens is 398 g/mol. The number of hydrogen-bond donors (Lipinski definition) is 1. The van der Waals surface area contributed by atoms with Crippen molar-refractivity contribution in [2.45, 2.75) is 18.7 Å². The predicted octanol–water partition coefficient (Wildman–Crippen LogP) is 1.54. The van der Waals surface area contributed by atoms with Gasteiger partial charge in [0.05, 0.1) is 10.6 Å². The van der Waals surface area contributed by atoms with Crippen molar-refractivity contribution in [3.8, 4) is 0 Å². The zero-order valence-corrected chi connectivity index (χ0v) is 17.2. The maximum Gasteiger partial charge on any atom is 0.261 e. The molecule has 1 aliphatic heterocycles. The van der Waals surface area contributed by atoms with Crippen LogP contribution in [0, 0.1) is 0 Å². The van der Waals surface area contributed by atoms with Crippen molar-refractivity contribution in [2.75, 3.05) is 26.2 Å². The number of sulfonamides is 1. The van der Waals surface area contributed by atoms with E-state index in [-0.39, 0.29) is 30.7 Å². The third kappa shape index (κ3) is 4.98. The van der Waals surface area contributed by atoms with Crippen molar-refractivity contribution >= 4 is 33.2 Å². The van der Waals surface area contributed by atoms with E-state index < -0.39 is 16.1 Å². The van der Waals surface area contributed by atoms with Crippen molar-refractivity contribution in [1.82, 2.24) is 14.5 Å². The molecule has 9 heteroatoms. The second-order valence-corrected chi connectivity index (χ2v) is 9.56. The van der Waals surface area contributed by atoms with E-state index in [1.165, 1.54) is 15.6 Å². The number of nitrogens with zero attached hydrogens (tertiary/aromatic N) is 2. The molecule has 0 unspecified atom stereocenters. The Labute approximate surface area is 169 Å². The lowest BCUT2D eigenvalue weighted by Crippen LogP contribution is -2.55. The number of carbonyl (C=O) groups is 2. The minimum Gasteiger partial charge on any atom is -0.340 e. The Bertz CT molecular complexity index is 906. The Morgan fingerprint density at radius 1 is 1.07 bits per heavy atom. The van der Waals surface area contributed by atoms with Gasteiger partial charge in [-0.25, -0.2) is 8.42 Å². The van der Waals surface area contributed by atoms with Gasteiger partial charge in [-0.05, 0) is 23.9 Å². The summed E-state index contributed by atoms with van der Waals surface area (Å²) in [4.78, 5) is 26.9. The third-order valence-corrected chi connectivity index (χ3v) is 7.32. The Hall–Kier alpha value is -2.23. The molecule has 2 aromatic rings. The Kier molecular flexibility index (Phi) is 6.48. The second kappa shape index (κ2) is 8.85. The summed E-state index contributed by atoms with van der Waals surface area (Å²) in [6.07, 6.45) is 0. The summed E-state index contributed by atoms with van der Waals surface area (Å²) in [5, 5.41) is 4.50. The zero-order chi connectivity index (χ0) is 20.1. The van der Waals surface area contributed by atoms with Crippen LogP contribution in [0.15, 0.2) is 47.8 Å². The number of piperazine rings is 1. The van der Waals surface area contributed by atoms with Crippen LogP contribution in [0.5, 0.6) is 0 Å². The highest BCUT2D eigenvalue weighted by molar-refractivity contribution is 7.88. The smallest absolute Gasteiger partial charge is 0.261 e. The van der Waals surface area contributed by atoms with E-state index in [0.717, 1.165) is 5.56 Å². The first-order valence-corrected chi connectivity index (χ1v) is 11.5. The van der Waals surface area contributed by atoms with Crippen LogP contribution in [0.1, 0.15) is 22.2 Å². The molecule has 150 valence electrons. The summed E-state index contributed by atoms with van der Waals surface area (Å²) < 4.78 is 26.6. The molecule has 0 saturated carbocycles. The fourth-order valence-electron chi connectivity index (χ4n) is 3.07. The number of carbonyl (C=O) groups excluding carboxylic acids is 2. The maximum atomic E-state index is 12.6. The quantitative estimate of drug-likeness (QED) is 0.767. The van der Waals surface area contributed by atoms with E-state index in [1.807, 2.05) is 18.2 Å². The summed E-state index contributed by atoms with van der Waals surface area (Å²) in [5.74, 6) is -0.528. The van der Waals surface area contributed by atoms with Crippen LogP contribution in [0.3, 0.4) is 0 Å². The lowest BCUT2D eigenvalue weighted by molar-refractivity contribution is -0.134. The SMILES string of the molecule is C[C@H](NC(=O)c1cccs1)C(=O)N1CCN(S(=O)(=O)Cc2ccccc2)CC1. The molecule has 1 fully saturated rings. The number of rotatable bonds is 6. The van der Waals surface area contributed by atoms with Crippen molar-refractivity contribution < 1.29 is 18.0 Å². The van der Waals surface area contributed by atoms with E-state index >= 15 is 0 Å². The monoisotopic (exact) mass is 421 g/mol. The highest BCUT2D eigenvalue weighted by atomic mass is 32.2. The van der Waals surface area contributed by atoms with Crippen molar-refractivity contribution in [1.29, 1.82) is 0 Å². The molecule has 1 atom stereocenters. The van der Waals surface area contributed by atoms with Gasteiger partial charge in [-0.1, -0.05) is 36.4 Å². The number of nitrogens with one attached hydrogen (secondary N) is 1. The molecule has 2 heterocycles. The minimum absolute atomic E-state index is 0.0466. The van der Waals surface area contributed by atoms with Crippen molar-refractivity contribution in [2.24, 2.45) is 0 Å². The van der Waals surface area contributed by atoms with Gasteiger partial charge in [0, 0.05) is 26.2 Å². The average Bonchev–Trinajstić information content (AvgIpc) is 3.23. The summed E-state index contributed by atoms with van der Waals surface area (Å²) in [6.45, 7) is 2.78. The van der Waals surface area contributed by atoms with E-state index in [0.29, 0.717) is 18.0 Å². The largest absolute Gasteiger partial charge is 0.340 e. The molecule has 1 aromatic carbocycles. The minimum atomic E-state index is -3.43. The van der Waals surface area contributed by atoms with Crippen LogP contribution in [0.25, 0.3) is 0 Å². The molecule has 1 aromatic heterocycles. The van der Waals surface area contributed by atoms with Gasteiger partial charge in [0.2, 0.25) is 15.9 Å². The molecule has 0 spiro atoms. The molecule has 0 aliphatic carbocycles. The van der Waals surface area contributed by atoms with Gasteiger partial charge in [-0.15, -0.1) is 11.3 Å². The summed E-state index contributed by atoms with van der Waals surface area (Å²) >= 11 is 1.31. The van der Waals surface area contributed by atoms with Crippen LogP contribution in [0.2, 0.25) is 0 Å². The Morgan fingerprint density at radius 2 is 1.75 bits per heavy atom. The highest BCUT2D eigenvalue weighted by Crippen LogP contribution is 2.14. The highest BCUT2D eigenvalue weighted by Gasteiger charge is 2.31. The van der Waals surface area contributed by atoms with Crippen LogP contribution >= 0.6 is 11.3 Å². The molecular formula is C19H23N3O4S2. The maximum absolute atomic E-state index is 12.6. The molecule has 28 heavy (non-hydrogen) atoms. The van der Waals surface area contributed by atoms with Gasteiger partial charge in [-0.3, -0.25) is 9.59 Å². The fraction of sp³-hybridized carbons (Fsp3) is 0.368. The lowest BCUT2D eigenvalue weighted by Gasteiger charge is -2.35. The molecule has 0 bridgehead atoms. The lowest BCUT2D eigenvalue weighted by atomic mass is 10.2. The topological polar surface area (TPSA) is 86.8 Å². The number of thiophene rings is 1. The van der Waals surface area contributed by atoms with E-state index in [2.05, 4.69) is 5.32 Å². The molecule has 3 rings (SSSR count). The van der Waals surface area contributed by atoms with Gasteiger partial charge in [-0.2, -0.15) is 4.31 Å². The fourth-order valence-corrected chi connectivity index (χ4v) is 5.22. The first kappa shape index (κ1) is 20.5. The van der Waals surface area contributed by atoms with Gasteiger partial charge in [0.25, 0.3) is 5.91 Å². The molecule has 1 N–H and O–H groups in total.